The number of H-pyrrole nitrogens is 1. The van der Waals surface area contributed by atoms with Gasteiger partial charge in [-0.1, -0.05) is 0 Å². The van der Waals surface area contributed by atoms with Crippen molar-refractivity contribution >= 4 is 27.7 Å². The molecule has 0 aromatic carbocycles. The van der Waals surface area contributed by atoms with E-state index in [4.69, 9.17) is 9.88 Å². The Morgan fingerprint density at radius 3 is 2.90 bits per heavy atom. The first-order chi connectivity index (χ1) is 9.32. The van der Waals surface area contributed by atoms with Crippen molar-refractivity contribution in [2.45, 2.75) is 18.6 Å². The topological polar surface area (TPSA) is 135 Å². The number of nitrogens with zero attached hydrogens (tertiary/aromatic N) is 2. The van der Waals surface area contributed by atoms with Gasteiger partial charge >= 0.3 is 5.97 Å². The molecule has 1 amide bonds. The highest BCUT2D eigenvalue weighted by atomic mass is 32.2. The normalized spacial score (nSPS) is 19.4. The summed E-state index contributed by atoms with van der Waals surface area (Å²) in [6, 6.07) is 1.33. The summed E-state index contributed by atoms with van der Waals surface area (Å²) in [6.45, 7) is 1.80. The smallest absolute Gasteiger partial charge is 0.356 e. The lowest BCUT2D eigenvalue weighted by atomic mass is 10.4. The Morgan fingerprint density at radius 2 is 2.35 bits per heavy atom. The van der Waals surface area contributed by atoms with E-state index in [2.05, 4.69) is 10.2 Å². The third-order valence-electron chi connectivity index (χ3n) is 2.89. The first-order valence-electron chi connectivity index (χ1n) is 5.87. The van der Waals surface area contributed by atoms with Gasteiger partial charge < -0.3 is 4.74 Å². The van der Waals surface area contributed by atoms with E-state index >= 15 is 0 Å². The molecule has 10 heteroatoms. The first kappa shape index (κ1) is 14.5. The van der Waals surface area contributed by atoms with Gasteiger partial charge in [0.2, 0.25) is 15.9 Å². The van der Waals surface area contributed by atoms with Crippen LogP contribution in [0.25, 0.3) is 0 Å². The number of amides is 1. The maximum Gasteiger partial charge on any atom is 0.356 e. The molecule has 1 fully saturated rings. The minimum Gasteiger partial charge on any atom is -0.461 e. The highest BCUT2D eigenvalue weighted by Gasteiger charge is 2.38. The molecule has 1 atom stereocenters. The third-order valence-corrected chi connectivity index (χ3v) is 4.14. The monoisotopic (exact) mass is 302 g/mol. The van der Waals surface area contributed by atoms with Gasteiger partial charge in [-0.2, -0.15) is 5.10 Å². The van der Waals surface area contributed by atoms with Crippen LogP contribution in [0.1, 0.15) is 23.8 Å². The number of hydrogen-bond donors (Lipinski definition) is 2. The lowest BCUT2D eigenvalue weighted by Crippen LogP contribution is -2.32. The molecule has 0 radical (unpaired) electrons. The maximum absolute atomic E-state index is 11.8. The molecule has 1 aliphatic rings. The van der Waals surface area contributed by atoms with Crippen LogP contribution in [0.15, 0.2) is 6.07 Å². The number of nitrogens with two attached hydrogens (primary N) is 1. The standard InChI is InChI=1S/C10H14N4O5S/c1-2-19-10(16)7-4-8(13-12-7)14-5-6(3-9(14)15)20(11,17)18/h4,6H,2-3,5H2,1H3,(H,12,13)(H2,11,17,18). The summed E-state index contributed by atoms with van der Waals surface area (Å²) in [7, 11) is -3.79. The van der Waals surface area contributed by atoms with E-state index in [-0.39, 0.29) is 31.1 Å². The maximum atomic E-state index is 11.8. The van der Waals surface area contributed by atoms with Gasteiger partial charge in [0.05, 0.1) is 6.61 Å². The van der Waals surface area contributed by atoms with Crippen molar-refractivity contribution in [2.75, 3.05) is 18.1 Å². The van der Waals surface area contributed by atoms with Crippen molar-refractivity contribution in [3.8, 4) is 0 Å². The Labute approximate surface area is 115 Å². The van der Waals surface area contributed by atoms with Crippen LogP contribution < -0.4 is 10.0 Å². The fraction of sp³-hybridized carbons (Fsp3) is 0.500. The summed E-state index contributed by atoms with van der Waals surface area (Å²) in [6.07, 6.45) is -0.194. The number of carbonyl (C=O) groups is 2. The minimum atomic E-state index is -3.79. The molecule has 0 spiro atoms. The molecule has 9 nitrogen and oxygen atoms in total. The number of sulfonamides is 1. The van der Waals surface area contributed by atoms with E-state index in [1.807, 2.05) is 0 Å². The lowest BCUT2D eigenvalue weighted by molar-refractivity contribution is -0.117. The molecule has 0 saturated carbocycles. The summed E-state index contributed by atoms with van der Waals surface area (Å²) < 4.78 is 27.3. The highest BCUT2D eigenvalue weighted by molar-refractivity contribution is 7.89. The Hall–Kier alpha value is -1.94. The number of primary sulfonamides is 1. The van der Waals surface area contributed by atoms with Gasteiger partial charge in [-0.25, -0.2) is 18.4 Å². The minimum absolute atomic E-state index is 0.0786. The Bertz CT molecular complexity index is 638. The third kappa shape index (κ3) is 2.80. The number of carbonyl (C=O) groups excluding carboxylic acids is 2. The molecule has 0 aliphatic carbocycles. The van der Waals surface area contributed by atoms with E-state index in [9.17, 15) is 18.0 Å². The van der Waals surface area contributed by atoms with Gasteiger partial charge in [0, 0.05) is 19.0 Å². The zero-order valence-corrected chi connectivity index (χ0v) is 11.5. The molecule has 1 aromatic heterocycles. The average Bonchev–Trinajstić information content (AvgIpc) is 2.94. The van der Waals surface area contributed by atoms with Crippen molar-refractivity contribution in [3.05, 3.63) is 11.8 Å². The summed E-state index contributed by atoms with van der Waals surface area (Å²) in [4.78, 5) is 24.4. The molecular formula is C10H14N4O5S. The first-order valence-corrected chi connectivity index (χ1v) is 7.48. The number of esters is 1. The van der Waals surface area contributed by atoms with E-state index in [0.29, 0.717) is 0 Å². The second-order valence-electron chi connectivity index (χ2n) is 4.28. The SMILES string of the molecule is CCOC(=O)c1cc(N2CC(S(N)(=O)=O)CC2=O)n[nH]1. The van der Waals surface area contributed by atoms with Crippen molar-refractivity contribution in [1.29, 1.82) is 0 Å². The molecular weight excluding hydrogens is 288 g/mol. The van der Waals surface area contributed by atoms with Crippen LogP contribution in [0, 0.1) is 0 Å². The second kappa shape index (κ2) is 5.21. The van der Waals surface area contributed by atoms with Gasteiger partial charge in [-0.3, -0.25) is 14.8 Å². The van der Waals surface area contributed by atoms with Crippen LogP contribution in [0.2, 0.25) is 0 Å². The predicted molar refractivity (Wildman–Crippen MR) is 68.4 cm³/mol. The molecule has 20 heavy (non-hydrogen) atoms. The van der Waals surface area contributed by atoms with E-state index in [0.717, 1.165) is 0 Å². The van der Waals surface area contributed by atoms with Crippen molar-refractivity contribution in [3.63, 3.8) is 0 Å². The molecule has 0 bridgehead atoms. The summed E-state index contributed by atoms with van der Waals surface area (Å²) in [5, 5.41) is 10.3. The fourth-order valence-electron chi connectivity index (χ4n) is 1.88. The number of nitrogens with one attached hydrogen (secondary N) is 1. The molecule has 1 aromatic rings. The largest absolute Gasteiger partial charge is 0.461 e. The van der Waals surface area contributed by atoms with Crippen LogP contribution in [0.3, 0.4) is 0 Å². The number of aromatic amines is 1. The highest BCUT2D eigenvalue weighted by Crippen LogP contribution is 2.23. The average molecular weight is 302 g/mol. The Morgan fingerprint density at radius 1 is 1.65 bits per heavy atom. The number of aromatic nitrogens is 2. The summed E-state index contributed by atoms with van der Waals surface area (Å²) in [5.74, 6) is -0.837. The number of rotatable bonds is 4. The van der Waals surface area contributed by atoms with Gasteiger partial charge in [0.1, 0.15) is 10.9 Å². The molecule has 3 N–H and O–H groups in total. The molecule has 1 unspecified atom stereocenters. The van der Waals surface area contributed by atoms with Crippen LogP contribution in [0.5, 0.6) is 0 Å². The quantitative estimate of drug-likeness (QED) is 0.683. The molecule has 2 heterocycles. The molecule has 1 saturated heterocycles. The number of hydrogen-bond acceptors (Lipinski definition) is 6. The van der Waals surface area contributed by atoms with Gasteiger partial charge in [-0.15, -0.1) is 0 Å². The van der Waals surface area contributed by atoms with E-state index < -0.39 is 27.1 Å². The summed E-state index contributed by atoms with van der Waals surface area (Å²) in [5.41, 5.74) is 0.0914. The second-order valence-corrected chi connectivity index (χ2v) is 6.12. The van der Waals surface area contributed by atoms with Crippen molar-refractivity contribution in [1.82, 2.24) is 10.2 Å². The van der Waals surface area contributed by atoms with Crippen LogP contribution in [-0.2, 0) is 19.6 Å². The molecule has 1 aliphatic heterocycles. The molecule has 110 valence electrons. The molecule has 2 rings (SSSR count). The van der Waals surface area contributed by atoms with Gasteiger partial charge in [0.25, 0.3) is 0 Å². The fourth-order valence-corrected chi connectivity index (χ4v) is 2.61. The Kier molecular flexibility index (Phi) is 3.77. The van der Waals surface area contributed by atoms with Crippen LogP contribution in [0.4, 0.5) is 5.82 Å². The van der Waals surface area contributed by atoms with Gasteiger partial charge in [0.15, 0.2) is 5.82 Å². The number of ether oxygens (including phenoxy) is 1. The van der Waals surface area contributed by atoms with E-state index in [1.165, 1.54) is 11.0 Å². The van der Waals surface area contributed by atoms with Gasteiger partial charge in [-0.05, 0) is 6.92 Å². The summed E-state index contributed by atoms with van der Waals surface area (Å²) >= 11 is 0. The Balaban J connectivity index is 2.17. The van der Waals surface area contributed by atoms with E-state index in [1.54, 1.807) is 6.92 Å². The van der Waals surface area contributed by atoms with Crippen LogP contribution >= 0.6 is 0 Å². The van der Waals surface area contributed by atoms with Crippen molar-refractivity contribution in [2.24, 2.45) is 5.14 Å². The zero-order valence-electron chi connectivity index (χ0n) is 10.7. The van der Waals surface area contributed by atoms with Crippen molar-refractivity contribution < 1.29 is 22.7 Å². The lowest BCUT2D eigenvalue weighted by Gasteiger charge is -2.12. The zero-order chi connectivity index (χ0) is 14.9. The van der Waals surface area contributed by atoms with Crippen LogP contribution in [-0.4, -0.2) is 48.9 Å². The predicted octanol–water partition coefficient (Wildman–Crippen LogP) is -1.02. The number of anilines is 1.